The number of aliphatic imine (C=N–C) groups is 1. The number of carbonyl (C=O) groups is 1. The van der Waals surface area contributed by atoms with E-state index in [1.54, 1.807) is 0 Å². The normalized spacial score (nSPS) is 21.8. The van der Waals surface area contributed by atoms with Gasteiger partial charge in [-0.3, -0.25) is 4.79 Å². The summed E-state index contributed by atoms with van der Waals surface area (Å²) < 4.78 is 11.6. The molecule has 2 atom stereocenters. The molecule has 5 rings (SSSR count). The molecule has 1 saturated heterocycles. The monoisotopic (exact) mass is 562 g/mol. The van der Waals surface area contributed by atoms with Gasteiger partial charge < -0.3 is 25.0 Å². The molecular weight excluding hydrogens is 531 g/mol. The van der Waals surface area contributed by atoms with Crippen molar-refractivity contribution in [3.8, 4) is 11.5 Å². The molecule has 0 spiro atoms. The number of ether oxygens (including phenoxy) is 2. The summed E-state index contributed by atoms with van der Waals surface area (Å²) in [6, 6.07) is 14.5. The average Bonchev–Trinajstić information content (AvgIpc) is 3.41. The number of rotatable bonds is 5. The zero-order valence-corrected chi connectivity index (χ0v) is 21.2. The van der Waals surface area contributed by atoms with Gasteiger partial charge >= 0.3 is 0 Å². The first-order valence-corrected chi connectivity index (χ1v) is 11.5. The summed E-state index contributed by atoms with van der Waals surface area (Å²) in [6.07, 6.45) is 3.62. The molecule has 2 heterocycles. The predicted molar refractivity (Wildman–Crippen MR) is 141 cm³/mol. The number of benzene rings is 2. The van der Waals surface area contributed by atoms with E-state index < -0.39 is 0 Å². The number of anilines is 2. The second kappa shape index (κ2) is 10.6. The molecule has 3 aliphatic rings. The standard InChI is InChI=1S/C25H30N4O3.HI/c1-17-14-21(17)28-25(27-19-7-10-22-23(15-19)32-13-3-12-31-22)26-16-18-5-8-20(9-6-18)29-11-2-4-24(29)30;/h5-10,15,17,21H,2-4,11-14,16H2,1H3,(H2,26,27,28);1H. The van der Waals surface area contributed by atoms with Gasteiger partial charge in [0.15, 0.2) is 17.5 Å². The molecule has 7 nitrogen and oxygen atoms in total. The lowest BCUT2D eigenvalue weighted by Gasteiger charge is -2.16. The minimum Gasteiger partial charge on any atom is -0.490 e. The largest absolute Gasteiger partial charge is 0.490 e. The van der Waals surface area contributed by atoms with E-state index in [-0.39, 0.29) is 29.9 Å². The Balaban J connectivity index is 0.00000259. The van der Waals surface area contributed by atoms with Crippen LogP contribution in [0.25, 0.3) is 0 Å². The molecule has 2 fully saturated rings. The predicted octanol–water partition coefficient (Wildman–Crippen LogP) is 4.56. The van der Waals surface area contributed by atoms with Gasteiger partial charge in [0.25, 0.3) is 0 Å². The second-order valence-corrected chi connectivity index (χ2v) is 8.78. The van der Waals surface area contributed by atoms with Crippen molar-refractivity contribution in [2.45, 2.75) is 45.2 Å². The number of hydrogen-bond acceptors (Lipinski definition) is 4. The molecule has 0 bridgehead atoms. The maximum atomic E-state index is 12.0. The fourth-order valence-corrected chi connectivity index (χ4v) is 4.07. The quantitative estimate of drug-likeness (QED) is 0.318. The highest BCUT2D eigenvalue weighted by molar-refractivity contribution is 14.0. The molecule has 2 aromatic carbocycles. The summed E-state index contributed by atoms with van der Waals surface area (Å²) in [5.41, 5.74) is 2.98. The fraction of sp³-hybridized carbons (Fsp3) is 0.440. The minimum atomic E-state index is 0. The fourth-order valence-electron chi connectivity index (χ4n) is 4.07. The average molecular weight is 562 g/mol. The summed E-state index contributed by atoms with van der Waals surface area (Å²) >= 11 is 0. The molecular formula is C25H31IN4O3. The van der Waals surface area contributed by atoms with Crippen LogP contribution in [-0.4, -0.2) is 37.7 Å². The molecule has 176 valence electrons. The highest BCUT2D eigenvalue weighted by atomic mass is 127. The van der Waals surface area contributed by atoms with Crippen molar-refractivity contribution in [3.05, 3.63) is 48.0 Å². The Bertz CT molecular complexity index is 1010. The van der Waals surface area contributed by atoms with Gasteiger partial charge in [-0.15, -0.1) is 24.0 Å². The van der Waals surface area contributed by atoms with Gasteiger partial charge in [-0.2, -0.15) is 0 Å². The zero-order valence-electron chi connectivity index (χ0n) is 18.9. The summed E-state index contributed by atoms with van der Waals surface area (Å²) in [5.74, 6) is 3.17. The Morgan fingerprint density at radius 1 is 1.09 bits per heavy atom. The van der Waals surface area contributed by atoms with Crippen molar-refractivity contribution in [1.29, 1.82) is 0 Å². The van der Waals surface area contributed by atoms with Crippen LogP contribution in [0, 0.1) is 5.92 Å². The van der Waals surface area contributed by atoms with Gasteiger partial charge in [-0.1, -0.05) is 19.1 Å². The third-order valence-electron chi connectivity index (χ3n) is 6.18. The Morgan fingerprint density at radius 2 is 1.85 bits per heavy atom. The SMILES string of the molecule is CC1CC1NC(=NCc1ccc(N2CCCC2=O)cc1)Nc1ccc2c(c1)OCCCO2.I. The highest BCUT2D eigenvalue weighted by Crippen LogP contribution is 2.33. The molecule has 1 amide bonds. The number of halogens is 1. The van der Waals surface area contributed by atoms with E-state index >= 15 is 0 Å². The number of carbonyl (C=O) groups excluding carboxylic acids is 1. The van der Waals surface area contributed by atoms with E-state index in [4.69, 9.17) is 14.5 Å². The number of amides is 1. The van der Waals surface area contributed by atoms with E-state index in [2.05, 4.69) is 29.7 Å². The van der Waals surface area contributed by atoms with Crippen LogP contribution in [0.3, 0.4) is 0 Å². The summed E-state index contributed by atoms with van der Waals surface area (Å²) in [7, 11) is 0. The lowest BCUT2D eigenvalue weighted by atomic mass is 10.2. The van der Waals surface area contributed by atoms with E-state index in [0.717, 1.165) is 60.2 Å². The second-order valence-electron chi connectivity index (χ2n) is 8.78. The summed E-state index contributed by atoms with van der Waals surface area (Å²) in [6.45, 7) is 4.94. The number of fused-ring (bicyclic) bond motifs is 1. The van der Waals surface area contributed by atoms with Crippen molar-refractivity contribution >= 4 is 47.2 Å². The van der Waals surface area contributed by atoms with Crippen LogP contribution in [0.1, 0.15) is 38.2 Å². The maximum absolute atomic E-state index is 12.0. The van der Waals surface area contributed by atoms with Crippen LogP contribution in [0.2, 0.25) is 0 Å². The molecule has 33 heavy (non-hydrogen) atoms. The van der Waals surface area contributed by atoms with E-state index in [1.807, 2.05) is 35.2 Å². The Morgan fingerprint density at radius 3 is 2.55 bits per heavy atom. The van der Waals surface area contributed by atoms with Crippen LogP contribution in [0.4, 0.5) is 11.4 Å². The molecule has 1 aliphatic carbocycles. The van der Waals surface area contributed by atoms with Crippen LogP contribution >= 0.6 is 24.0 Å². The van der Waals surface area contributed by atoms with Gasteiger partial charge in [0, 0.05) is 42.9 Å². The number of hydrogen-bond donors (Lipinski definition) is 2. The van der Waals surface area contributed by atoms with Crippen molar-refractivity contribution in [2.75, 3.05) is 30.0 Å². The van der Waals surface area contributed by atoms with Gasteiger partial charge in [-0.25, -0.2) is 4.99 Å². The lowest BCUT2D eigenvalue weighted by molar-refractivity contribution is -0.117. The first-order valence-electron chi connectivity index (χ1n) is 11.5. The molecule has 2 aliphatic heterocycles. The number of nitrogens with zero attached hydrogens (tertiary/aromatic N) is 2. The zero-order chi connectivity index (χ0) is 21.9. The third kappa shape index (κ3) is 5.90. The van der Waals surface area contributed by atoms with E-state index in [1.165, 1.54) is 0 Å². The van der Waals surface area contributed by atoms with Crippen molar-refractivity contribution in [3.63, 3.8) is 0 Å². The van der Waals surface area contributed by atoms with Crippen molar-refractivity contribution in [2.24, 2.45) is 10.9 Å². The topological polar surface area (TPSA) is 75.2 Å². The first kappa shape index (κ1) is 23.7. The minimum absolute atomic E-state index is 0. The van der Waals surface area contributed by atoms with Gasteiger partial charge in [0.05, 0.1) is 19.8 Å². The smallest absolute Gasteiger partial charge is 0.227 e. The number of guanidine groups is 1. The first-order chi connectivity index (χ1) is 15.7. The van der Waals surface area contributed by atoms with Crippen LogP contribution < -0.4 is 25.0 Å². The highest BCUT2D eigenvalue weighted by Gasteiger charge is 2.33. The van der Waals surface area contributed by atoms with Crippen LogP contribution in [-0.2, 0) is 11.3 Å². The molecule has 1 saturated carbocycles. The molecule has 8 heteroatoms. The Hall–Kier alpha value is -2.49. The summed E-state index contributed by atoms with van der Waals surface area (Å²) in [5, 5.41) is 6.95. The van der Waals surface area contributed by atoms with Crippen molar-refractivity contribution in [1.82, 2.24) is 5.32 Å². The molecule has 2 aromatic rings. The van der Waals surface area contributed by atoms with Gasteiger partial charge in [-0.05, 0) is 48.6 Å². The van der Waals surface area contributed by atoms with Gasteiger partial charge in [0.1, 0.15) is 0 Å². The Kier molecular flexibility index (Phi) is 7.62. The summed E-state index contributed by atoms with van der Waals surface area (Å²) in [4.78, 5) is 18.6. The van der Waals surface area contributed by atoms with Crippen LogP contribution in [0.5, 0.6) is 11.5 Å². The van der Waals surface area contributed by atoms with Crippen molar-refractivity contribution < 1.29 is 14.3 Å². The van der Waals surface area contributed by atoms with Crippen LogP contribution in [0.15, 0.2) is 47.5 Å². The Labute approximate surface area is 212 Å². The third-order valence-corrected chi connectivity index (χ3v) is 6.18. The number of nitrogens with one attached hydrogen (secondary N) is 2. The lowest BCUT2D eigenvalue weighted by Crippen LogP contribution is -2.33. The maximum Gasteiger partial charge on any atom is 0.227 e. The molecule has 0 aromatic heterocycles. The molecule has 2 N–H and O–H groups in total. The molecule has 2 unspecified atom stereocenters. The van der Waals surface area contributed by atoms with E-state index in [0.29, 0.717) is 38.1 Å². The van der Waals surface area contributed by atoms with E-state index in [9.17, 15) is 4.79 Å². The molecule has 0 radical (unpaired) electrons. The van der Waals surface area contributed by atoms with Gasteiger partial charge in [0.2, 0.25) is 5.91 Å².